The van der Waals surface area contributed by atoms with Crippen LogP contribution in [0.3, 0.4) is 0 Å². The maximum atomic E-state index is 9.87. The van der Waals surface area contributed by atoms with Crippen LogP contribution in [-0.4, -0.2) is 36.2 Å². The fourth-order valence-corrected chi connectivity index (χ4v) is 3.93. The molecular formula is C16H23NO. The van der Waals surface area contributed by atoms with Gasteiger partial charge in [-0.3, -0.25) is 0 Å². The van der Waals surface area contributed by atoms with Crippen LogP contribution in [0.5, 0.6) is 0 Å². The molecule has 1 aromatic rings. The van der Waals surface area contributed by atoms with Gasteiger partial charge in [-0.15, -0.1) is 0 Å². The summed E-state index contributed by atoms with van der Waals surface area (Å²) >= 11 is 0. The maximum absolute atomic E-state index is 9.87. The van der Waals surface area contributed by atoms with Crippen LogP contribution in [0.25, 0.3) is 0 Å². The molecule has 3 saturated heterocycles. The number of rotatable bonds is 3. The minimum absolute atomic E-state index is 0.292. The van der Waals surface area contributed by atoms with E-state index in [1.165, 1.54) is 43.6 Å². The van der Waals surface area contributed by atoms with E-state index in [0.717, 1.165) is 5.92 Å². The van der Waals surface area contributed by atoms with Crippen molar-refractivity contribution >= 4 is 0 Å². The third-order valence-corrected chi connectivity index (χ3v) is 5.01. The highest BCUT2D eigenvalue weighted by Gasteiger charge is 2.38. The van der Waals surface area contributed by atoms with Crippen LogP contribution in [0.15, 0.2) is 24.3 Å². The Hall–Kier alpha value is -0.860. The molecule has 2 unspecified atom stereocenters. The molecule has 0 aliphatic carbocycles. The van der Waals surface area contributed by atoms with Gasteiger partial charge in [-0.05, 0) is 55.8 Å². The zero-order valence-corrected chi connectivity index (χ0v) is 11.2. The van der Waals surface area contributed by atoms with Crippen molar-refractivity contribution in [3.63, 3.8) is 0 Å². The third kappa shape index (κ3) is 2.08. The van der Waals surface area contributed by atoms with Crippen molar-refractivity contribution in [3.05, 3.63) is 35.4 Å². The van der Waals surface area contributed by atoms with E-state index in [0.29, 0.717) is 18.4 Å². The summed E-state index contributed by atoms with van der Waals surface area (Å²) in [4.78, 5) is 2.58. The van der Waals surface area contributed by atoms with Gasteiger partial charge in [-0.25, -0.2) is 0 Å². The van der Waals surface area contributed by atoms with Gasteiger partial charge < -0.3 is 10.0 Å². The van der Waals surface area contributed by atoms with Gasteiger partial charge in [0.2, 0.25) is 0 Å². The van der Waals surface area contributed by atoms with Crippen molar-refractivity contribution in [1.29, 1.82) is 0 Å². The molecule has 3 aliphatic heterocycles. The fourth-order valence-electron chi connectivity index (χ4n) is 3.93. The highest BCUT2D eigenvalue weighted by Crippen LogP contribution is 2.41. The van der Waals surface area contributed by atoms with Crippen LogP contribution in [0.4, 0.5) is 0 Å². The van der Waals surface area contributed by atoms with Crippen LogP contribution >= 0.6 is 0 Å². The number of hydrogen-bond donors (Lipinski definition) is 1. The van der Waals surface area contributed by atoms with Crippen molar-refractivity contribution in [1.82, 2.24) is 4.90 Å². The summed E-state index contributed by atoms with van der Waals surface area (Å²) in [7, 11) is 0. The van der Waals surface area contributed by atoms with Gasteiger partial charge in [0, 0.05) is 12.5 Å². The molecule has 0 radical (unpaired) electrons. The van der Waals surface area contributed by atoms with E-state index in [2.05, 4.69) is 36.1 Å². The predicted molar refractivity (Wildman–Crippen MR) is 73.7 cm³/mol. The number of aryl methyl sites for hydroxylation is 1. The number of aliphatic hydroxyl groups excluding tert-OH is 1. The predicted octanol–water partition coefficient (Wildman–Crippen LogP) is 2.41. The lowest BCUT2D eigenvalue weighted by Crippen LogP contribution is -2.49. The Kier molecular flexibility index (Phi) is 3.40. The second kappa shape index (κ2) is 5.02. The highest BCUT2D eigenvalue weighted by molar-refractivity contribution is 5.30. The summed E-state index contributed by atoms with van der Waals surface area (Å²) in [5, 5.41) is 9.87. The van der Waals surface area contributed by atoms with Crippen LogP contribution in [-0.2, 0) is 0 Å². The quantitative estimate of drug-likeness (QED) is 0.884. The average Bonchev–Trinajstić information content (AvgIpc) is 2.43. The van der Waals surface area contributed by atoms with Crippen molar-refractivity contribution in [2.45, 2.75) is 25.7 Å². The minimum atomic E-state index is 0.292. The number of hydrogen-bond acceptors (Lipinski definition) is 2. The van der Waals surface area contributed by atoms with E-state index in [9.17, 15) is 5.11 Å². The highest BCUT2D eigenvalue weighted by atomic mass is 16.3. The Labute approximate surface area is 110 Å². The lowest BCUT2D eigenvalue weighted by atomic mass is 9.70. The summed E-state index contributed by atoms with van der Waals surface area (Å²) < 4.78 is 0. The van der Waals surface area contributed by atoms with Gasteiger partial charge >= 0.3 is 0 Å². The van der Waals surface area contributed by atoms with E-state index in [-0.39, 0.29) is 0 Å². The first-order chi connectivity index (χ1) is 8.79. The van der Waals surface area contributed by atoms with Gasteiger partial charge in [-0.2, -0.15) is 0 Å². The Bertz CT molecular complexity index is 409. The van der Waals surface area contributed by atoms with Gasteiger partial charge in [0.1, 0.15) is 0 Å². The van der Waals surface area contributed by atoms with E-state index in [4.69, 9.17) is 0 Å². The second-order valence-corrected chi connectivity index (χ2v) is 5.95. The van der Waals surface area contributed by atoms with Gasteiger partial charge in [0.05, 0.1) is 6.61 Å². The van der Waals surface area contributed by atoms with Crippen molar-refractivity contribution in [2.24, 2.45) is 11.8 Å². The molecule has 3 aliphatic rings. The van der Waals surface area contributed by atoms with Crippen molar-refractivity contribution < 1.29 is 5.11 Å². The zero-order chi connectivity index (χ0) is 12.5. The van der Waals surface area contributed by atoms with E-state index in [1.807, 2.05) is 0 Å². The molecule has 1 N–H and O–H groups in total. The van der Waals surface area contributed by atoms with Crippen LogP contribution < -0.4 is 0 Å². The Morgan fingerprint density at radius 3 is 2.56 bits per heavy atom. The Morgan fingerprint density at radius 1 is 1.28 bits per heavy atom. The lowest BCUT2D eigenvalue weighted by molar-refractivity contribution is 0.0245. The number of fused-ring (bicyclic) bond motifs is 3. The number of piperidine rings is 3. The first-order valence-electron chi connectivity index (χ1n) is 7.18. The molecule has 0 amide bonds. The molecule has 3 fully saturated rings. The Morgan fingerprint density at radius 2 is 2.00 bits per heavy atom. The first kappa shape index (κ1) is 12.2. The normalized spacial score (nSPS) is 32.4. The van der Waals surface area contributed by atoms with Gasteiger partial charge in [-0.1, -0.05) is 24.3 Å². The maximum Gasteiger partial charge on any atom is 0.0503 e. The molecule has 98 valence electrons. The van der Waals surface area contributed by atoms with Crippen LogP contribution in [0.1, 0.15) is 29.9 Å². The summed E-state index contributed by atoms with van der Waals surface area (Å²) in [5.41, 5.74) is 2.69. The monoisotopic (exact) mass is 245 g/mol. The van der Waals surface area contributed by atoms with E-state index in [1.54, 1.807) is 0 Å². The molecule has 0 spiro atoms. The third-order valence-electron chi connectivity index (χ3n) is 5.01. The topological polar surface area (TPSA) is 23.5 Å². The fraction of sp³-hybridized carbons (Fsp3) is 0.625. The van der Waals surface area contributed by atoms with Gasteiger partial charge in [0.15, 0.2) is 0 Å². The van der Waals surface area contributed by atoms with Crippen LogP contribution in [0.2, 0.25) is 0 Å². The summed E-state index contributed by atoms with van der Waals surface area (Å²) in [6.07, 6.45) is 2.65. The molecular weight excluding hydrogens is 222 g/mol. The SMILES string of the molecule is Cc1ccccc1C(CO)C1CN2CCC1CC2. The van der Waals surface area contributed by atoms with E-state index < -0.39 is 0 Å². The molecule has 0 saturated carbocycles. The molecule has 2 bridgehead atoms. The van der Waals surface area contributed by atoms with Gasteiger partial charge in [0.25, 0.3) is 0 Å². The molecule has 2 atom stereocenters. The molecule has 4 rings (SSSR count). The number of benzene rings is 1. The summed E-state index contributed by atoms with van der Waals surface area (Å²) in [6.45, 7) is 6.18. The zero-order valence-electron chi connectivity index (χ0n) is 11.2. The molecule has 1 aromatic carbocycles. The molecule has 0 aromatic heterocycles. The van der Waals surface area contributed by atoms with E-state index >= 15 is 0 Å². The molecule has 2 nitrogen and oxygen atoms in total. The summed E-state index contributed by atoms with van der Waals surface area (Å²) in [5.74, 6) is 1.81. The standard InChI is InChI=1S/C16H23NO/c1-12-4-2-3-5-14(12)16(11-18)15-10-17-8-6-13(15)7-9-17/h2-5,13,15-16,18H,6-11H2,1H3. The average molecular weight is 245 g/mol. The first-order valence-corrected chi connectivity index (χ1v) is 7.18. The van der Waals surface area contributed by atoms with Crippen LogP contribution in [0, 0.1) is 18.8 Å². The smallest absolute Gasteiger partial charge is 0.0503 e. The Balaban J connectivity index is 1.87. The van der Waals surface area contributed by atoms with Crippen molar-refractivity contribution in [3.8, 4) is 0 Å². The summed E-state index contributed by atoms with van der Waals surface area (Å²) in [6, 6.07) is 8.56. The molecule has 18 heavy (non-hydrogen) atoms. The second-order valence-electron chi connectivity index (χ2n) is 5.95. The lowest BCUT2D eigenvalue weighted by Gasteiger charge is -2.47. The van der Waals surface area contributed by atoms with Crippen molar-refractivity contribution in [2.75, 3.05) is 26.2 Å². The number of aliphatic hydroxyl groups is 1. The molecule has 3 heterocycles. The molecule has 2 heteroatoms. The number of nitrogens with zero attached hydrogens (tertiary/aromatic N) is 1. The minimum Gasteiger partial charge on any atom is -0.396 e. The largest absolute Gasteiger partial charge is 0.396 e.